The number of urea groups is 1. The van der Waals surface area contributed by atoms with Crippen LogP contribution in [-0.4, -0.2) is 272 Å². The zero-order chi connectivity index (χ0) is 68.6. The Morgan fingerprint density at radius 3 is 1.73 bits per heavy atom. The van der Waals surface area contributed by atoms with Crippen LogP contribution >= 0.6 is 11.8 Å². The van der Waals surface area contributed by atoms with E-state index in [1.807, 2.05) is 11.8 Å². The number of rotatable bonds is 55. The summed E-state index contributed by atoms with van der Waals surface area (Å²) < 4.78 is 81.2. The molecule has 3 fully saturated rings. The highest BCUT2D eigenvalue weighted by atomic mass is 32.2. The fourth-order valence-electron chi connectivity index (χ4n) is 10.2. The zero-order valence-electron chi connectivity index (χ0n) is 53.5. The van der Waals surface area contributed by atoms with E-state index in [4.69, 9.17) is 47.4 Å². The van der Waals surface area contributed by atoms with Gasteiger partial charge < -0.3 is 115 Å². The molecule has 3 saturated heterocycles. The number of ether oxygens (including phenoxy) is 10. The number of carboxylic acids is 1. The van der Waals surface area contributed by atoms with Crippen LogP contribution < -0.4 is 53.4 Å². The third-order valence-corrected chi connectivity index (χ3v) is 16.8. The number of carbonyl (C=O) groups is 6. The molecule has 9 atom stereocenters. The first-order chi connectivity index (χ1) is 45.9. The molecule has 0 unspecified atom stereocenters. The summed E-state index contributed by atoms with van der Waals surface area (Å²) in [5.74, 6) is -5.15. The van der Waals surface area contributed by atoms with Gasteiger partial charge in [0.25, 0.3) is 23.1 Å². The van der Waals surface area contributed by atoms with Crippen molar-refractivity contribution >= 4 is 58.8 Å². The van der Waals surface area contributed by atoms with Crippen molar-refractivity contribution in [2.45, 2.75) is 131 Å². The van der Waals surface area contributed by atoms with Crippen molar-refractivity contribution in [1.82, 2.24) is 31.9 Å². The number of amides is 6. The maximum absolute atomic E-state index is 12.9. The lowest BCUT2D eigenvalue weighted by Gasteiger charge is -2.46. The van der Waals surface area contributed by atoms with Gasteiger partial charge in [-0.05, 0) is 31.2 Å². The van der Waals surface area contributed by atoms with Gasteiger partial charge in [-0.25, -0.2) is 18.4 Å². The van der Waals surface area contributed by atoms with Gasteiger partial charge in [0.05, 0.1) is 149 Å². The third-order valence-electron chi connectivity index (χ3n) is 15.3. The van der Waals surface area contributed by atoms with Gasteiger partial charge in [-0.15, -0.1) is 0 Å². The topological polar surface area (TPSA) is 426 Å². The summed E-state index contributed by atoms with van der Waals surface area (Å²) in [5.41, 5.74) is -0.893. The Morgan fingerprint density at radius 1 is 0.621 bits per heavy atom. The van der Waals surface area contributed by atoms with Crippen molar-refractivity contribution in [2.75, 3.05) is 168 Å². The second kappa shape index (κ2) is 45.6. The Hall–Kier alpha value is -5.83. The van der Waals surface area contributed by atoms with Crippen LogP contribution in [0.25, 0.3) is 0 Å². The molecule has 13 N–H and O–H groups in total. The number of thioether (sulfide) groups is 1. The molecule has 5 rings (SSSR count). The molecular formula is C61H96F2N8O23S. The molecule has 2 aromatic carbocycles. The number of halogens is 2. The van der Waals surface area contributed by atoms with E-state index in [2.05, 4.69) is 42.5 Å². The fourth-order valence-corrected chi connectivity index (χ4v) is 11.8. The molecule has 0 aromatic heterocycles. The Labute approximate surface area is 553 Å². The van der Waals surface area contributed by atoms with Gasteiger partial charge >= 0.3 is 12.0 Å². The van der Waals surface area contributed by atoms with Crippen molar-refractivity contribution in [1.29, 1.82) is 0 Å². The van der Waals surface area contributed by atoms with Crippen molar-refractivity contribution in [3.8, 4) is 0 Å². The van der Waals surface area contributed by atoms with Crippen LogP contribution in [0.15, 0.2) is 33.9 Å². The number of aliphatic carboxylic acids is 1. The lowest BCUT2D eigenvalue weighted by Crippen LogP contribution is -2.68. The van der Waals surface area contributed by atoms with Crippen molar-refractivity contribution in [3.63, 3.8) is 0 Å². The van der Waals surface area contributed by atoms with E-state index >= 15 is 0 Å². The number of anilines is 2. The Morgan fingerprint density at radius 2 is 1.16 bits per heavy atom. The lowest BCUT2D eigenvalue weighted by atomic mass is 9.88. The first-order valence-electron chi connectivity index (χ1n) is 32.2. The Balaban J connectivity index is 0.769. The maximum Gasteiger partial charge on any atom is 0.364 e. The van der Waals surface area contributed by atoms with E-state index in [9.17, 15) is 72.7 Å². The predicted octanol–water partition coefficient (Wildman–Crippen LogP) is -1.41. The molecule has 0 radical (unpaired) electrons. The molecule has 3 aliphatic rings. The van der Waals surface area contributed by atoms with Crippen LogP contribution in [-0.2, 0) is 77.8 Å². The normalized spacial score (nSPS) is 20.6. The molecule has 0 aliphatic carbocycles. The summed E-state index contributed by atoms with van der Waals surface area (Å²) in [4.78, 5) is 97.6. The van der Waals surface area contributed by atoms with Gasteiger partial charge in [0.2, 0.25) is 23.6 Å². The second-order valence-electron chi connectivity index (χ2n) is 22.5. The number of fused-ring (bicyclic) bond motifs is 1. The van der Waals surface area contributed by atoms with Crippen molar-refractivity contribution in [2.24, 2.45) is 0 Å². The van der Waals surface area contributed by atoms with E-state index in [0.29, 0.717) is 142 Å². The highest BCUT2D eigenvalue weighted by Gasteiger charge is 2.56. The maximum atomic E-state index is 12.9. The van der Waals surface area contributed by atoms with E-state index in [-0.39, 0.29) is 99.1 Å². The molecule has 538 valence electrons. The zero-order valence-corrected chi connectivity index (χ0v) is 54.3. The van der Waals surface area contributed by atoms with E-state index in [1.54, 1.807) is 0 Å². The van der Waals surface area contributed by atoms with E-state index < -0.39 is 90.9 Å². The number of aliphatic hydroxyl groups excluding tert-OH is 4. The molecule has 3 aliphatic heterocycles. The van der Waals surface area contributed by atoms with Gasteiger partial charge in [0, 0.05) is 68.6 Å². The largest absolute Gasteiger partial charge is 0.477 e. The third kappa shape index (κ3) is 29.8. The Kier molecular flexibility index (Phi) is 38.4. The number of alkyl halides is 2. The number of hydrogen-bond donors (Lipinski definition) is 13. The predicted molar refractivity (Wildman–Crippen MR) is 339 cm³/mol. The minimum Gasteiger partial charge on any atom is -0.477 e. The number of benzene rings is 1. The van der Waals surface area contributed by atoms with Crippen LogP contribution in [0.2, 0.25) is 0 Å². The Bertz CT molecular complexity index is 2650. The van der Waals surface area contributed by atoms with Crippen molar-refractivity contribution < 1.29 is 110 Å². The summed E-state index contributed by atoms with van der Waals surface area (Å²) in [5, 5.41) is 75.1. The van der Waals surface area contributed by atoms with Crippen LogP contribution in [0, 0.1) is 0 Å². The number of aliphatic hydroxyl groups is 4. The van der Waals surface area contributed by atoms with Gasteiger partial charge in [0.1, 0.15) is 30.2 Å². The molecule has 0 bridgehead atoms. The van der Waals surface area contributed by atoms with Crippen LogP contribution in [0.1, 0.15) is 81.8 Å². The van der Waals surface area contributed by atoms with Gasteiger partial charge in [-0.2, -0.15) is 11.8 Å². The minimum atomic E-state index is -2.70. The summed E-state index contributed by atoms with van der Waals surface area (Å²) in [6.45, 7) is 4.86. The summed E-state index contributed by atoms with van der Waals surface area (Å²) in [6, 6.07) is 3.74. The fraction of sp³-hybridized carbons (Fsp3) is 0.738. The summed E-state index contributed by atoms with van der Waals surface area (Å²) >= 11 is 1.88. The highest BCUT2D eigenvalue weighted by Crippen LogP contribution is 2.35. The lowest BCUT2D eigenvalue weighted by molar-refractivity contribution is -0.310. The summed E-state index contributed by atoms with van der Waals surface area (Å²) in [7, 11) is 0. The standard InChI is InChI=1S/C61H96F2N8O23S/c62-58(63)41-11-9-40(10-12-41)35-48(77)68-37-44(74)54(79)57-51(70-49(78)38-72)43(73)36-61(94-57,59(82)83)93-18-6-2-1-5-14-66-52-53(56(81)55(52)80)67-17-22-88-26-30-92-34-33-91-29-25-87-21-16-65-47(76)13-19-85-23-27-89-31-32-90-28-24-86-20-15-64-46(75)8-4-3-7-45-50-42(39-95-45)69-60(84)71-50/h9-12,42-45,50-51,54,57-58,66-67,72-74,79H,1-8,13-39H2,(H,64,75)(H,65,76)(H,68,77)(H,70,78)(H,82,83)(H2,69,71,84)/t42-,43+,44-,45-,50-,51-,54-,57-,61-/m1/s1. The number of nitrogens with one attached hydrogen (secondary N) is 8. The molecule has 95 heavy (non-hydrogen) atoms. The van der Waals surface area contributed by atoms with Gasteiger partial charge in [-0.3, -0.25) is 28.8 Å². The van der Waals surface area contributed by atoms with Crippen LogP contribution in [0.3, 0.4) is 0 Å². The first kappa shape index (κ1) is 79.9. The average Bonchev–Trinajstić information content (AvgIpc) is 1.55. The number of hydrogen-bond acceptors (Lipinski definition) is 25. The number of carbonyl (C=O) groups excluding carboxylic acids is 5. The molecule has 3 heterocycles. The number of unbranched alkanes of at least 4 members (excludes halogenated alkanes) is 4. The molecule has 31 nitrogen and oxygen atoms in total. The SMILES string of the molecule is O=C(CCCC[C@H]1SC[C@H]2NC(=O)N[C@H]21)NCCOCCOCCOCCOCCC(=O)NCCOCCOCCOCCOCCNc1c(NCCCCCCO[C@]2(C(=O)O)C[C@H](O)[C@@H](NC(=O)CO)[C@H]([C@H](O)[C@H](O)CNC(=O)Cc3ccc(C(F)F)cc3)O2)c(=O)c1=O. The van der Waals surface area contributed by atoms with Crippen molar-refractivity contribution in [3.05, 3.63) is 55.8 Å². The highest BCUT2D eigenvalue weighted by molar-refractivity contribution is 8.00. The molecule has 6 amide bonds. The molecule has 2 aromatic rings. The minimum absolute atomic E-state index is 0.00550. The smallest absolute Gasteiger partial charge is 0.364 e. The molecule has 34 heteroatoms. The quantitative estimate of drug-likeness (QED) is 0.0206. The molecule has 0 spiro atoms. The second-order valence-corrected chi connectivity index (χ2v) is 23.8. The van der Waals surface area contributed by atoms with E-state index in [0.717, 1.165) is 37.1 Å². The van der Waals surface area contributed by atoms with Gasteiger partial charge in [-0.1, -0.05) is 43.5 Å². The summed E-state index contributed by atoms with van der Waals surface area (Å²) in [6.07, 6.45) is -5.89. The monoisotopic (exact) mass is 1380 g/mol. The van der Waals surface area contributed by atoms with Crippen LogP contribution in [0.5, 0.6) is 0 Å². The molecule has 0 saturated carbocycles. The van der Waals surface area contributed by atoms with E-state index in [1.165, 1.54) is 12.1 Å². The van der Waals surface area contributed by atoms with Crippen LogP contribution in [0.4, 0.5) is 25.0 Å². The first-order valence-corrected chi connectivity index (χ1v) is 33.3. The van der Waals surface area contributed by atoms with Gasteiger partial charge in [0.15, 0.2) is 0 Å². The number of carboxylic acid groups (broad SMARTS) is 1. The average molecular weight is 1380 g/mol. The molecular weight excluding hydrogens is 1280 g/mol.